The fourth-order valence-corrected chi connectivity index (χ4v) is 10.6. The SMILES string of the molecule is CCC(=[NH+]C1CC2=CC=C(OC)C=C(N2)C2c3c(ccc4c3C1C1=CC=CCC1O4)C13CC1C=CC=CC23)C(=CN)C1C(OC)=CC(C)=CC1OC. The van der Waals surface area contributed by atoms with Gasteiger partial charge < -0.3 is 30.0 Å². The van der Waals surface area contributed by atoms with Gasteiger partial charge in [-0.15, -0.1) is 0 Å². The average molecular weight is 697 g/mol. The fourth-order valence-electron chi connectivity index (χ4n) is 10.6. The van der Waals surface area contributed by atoms with Gasteiger partial charge in [0.2, 0.25) is 0 Å². The summed E-state index contributed by atoms with van der Waals surface area (Å²) in [6, 6.07) is 4.67. The predicted molar refractivity (Wildman–Crippen MR) is 204 cm³/mol. The topological polar surface area (TPSA) is 88.9 Å². The van der Waals surface area contributed by atoms with E-state index in [4.69, 9.17) is 24.7 Å². The Morgan fingerprint density at radius 1 is 1.04 bits per heavy atom. The predicted octanol–water partition coefficient (Wildman–Crippen LogP) is 6.08. The van der Waals surface area contributed by atoms with E-state index >= 15 is 0 Å². The average Bonchev–Trinajstić information content (AvgIpc) is 3.88. The molecule has 5 aliphatic carbocycles. The van der Waals surface area contributed by atoms with Crippen LogP contribution in [-0.4, -0.2) is 45.3 Å². The van der Waals surface area contributed by atoms with Crippen molar-refractivity contribution in [3.05, 3.63) is 148 Å². The van der Waals surface area contributed by atoms with E-state index in [1.807, 2.05) is 0 Å². The molecule has 3 heterocycles. The first-order valence-electron chi connectivity index (χ1n) is 18.9. The van der Waals surface area contributed by atoms with E-state index in [-0.39, 0.29) is 41.4 Å². The summed E-state index contributed by atoms with van der Waals surface area (Å²) in [5.41, 5.74) is 17.8. The van der Waals surface area contributed by atoms with Crippen LogP contribution in [0.15, 0.2) is 131 Å². The molecular formula is C45H50N3O4+. The van der Waals surface area contributed by atoms with Crippen LogP contribution in [0.3, 0.4) is 0 Å². The van der Waals surface area contributed by atoms with Gasteiger partial charge in [-0.1, -0.05) is 61.6 Å². The van der Waals surface area contributed by atoms with Crippen LogP contribution < -0.4 is 20.8 Å². The zero-order chi connectivity index (χ0) is 35.7. The second kappa shape index (κ2) is 12.7. The first-order valence-corrected chi connectivity index (χ1v) is 18.9. The number of allylic oxidation sites excluding steroid dienone is 12. The maximum Gasteiger partial charge on any atom is 0.179 e. The van der Waals surface area contributed by atoms with Crippen LogP contribution in [0.1, 0.15) is 68.1 Å². The van der Waals surface area contributed by atoms with E-state index in [1.54, 1.807) is 27.5 Å². The lowest BCUT2D eigenvalue weighted by Crippen LogP contribution is -2.82. The molecule has 1 fully saturated rings. The Balaban J connectivity index is 1.29. The highest BCUT2D eigenvalue weighted by atomic mass is 16.5. The van der Waals surface area contributed by atoms with Crippen LogP contribution >= 0.6 is 0 Å². The zero-order valence-corrected chi connectivity index (χ0v) is 30.8. The van der Waals surface area contributed by atoms with Crippen molar-refractivity contribution in [2.24, 2.45) is 23.5 Å². The maximum absolute atomic E-state index is 7.01. The Bertz CT molecular complexity index is 2050. The molecule has 4 N–H and O–H groups in total. The number of methoxy groups -OCH3 is 3. The molecule has 0 radical (unpaired) electrons. The van der Waals surface area contributed by atoms with Crippen molar-refractivity contribution in [1.82, 2.24) is 5.32 Å². The number of nitrogens with one attached hydrogen (secondary N) is 2. The van der Waals surface area contributed by atoms with Gasteiger partial charge in [0.05, 0.1) is 38.6 Å². The number of benzene rings is 1. The van der Waals surface area contributed by atoms with Crippen molar-refractivity contribution in [2.45, 2.75) is 75.0 Å². The molecule has 268 valence electrons. The summed E-state index contributed by atoms with van der Waals surface area (Å²) in [5.74, 6) is 3.54. The lowest BCUT2D eigenvalue weighted by molar-refractivity contribution is -0.507. The lowest BCUT2D eigenvalue weighted by atomic mass is 9.73. The van der Waals surface area contributed by atoms with E-state index < -0.39 is 0 Å². The van der Waals surface area contributed by atoms with E-state index in [2.05, 4.69) is 109 Å². The van der Waals surface area contributed by atoms with Crippen molar-refractivity contribution in [1.29, 1.82) is 0 Å². The standard InChI is InChI=1S/C45H49N3O4/c1-6-33(30(24-46)41-38(50-4)19-25(2)20-39(41)51-5)48-34-21-27-15-16-28(49-3)22-35(47-27)42-31-13-9-7-11-26-23-45(26,31)32-17-18-37-44(43(32)42)40(34)29-12-8-10-14-36(29)52-37/h7-13,15-20,22,24,26,31,34,36,38,40-42,47H,6,14,21,23,46H2,1-5H3/p+1. The minimum Gasteiger partial charge on any atom is -0.500 e. The number of hydrogen-bond acceptors (Lipinski definition) is 6. The normalized spacial score (nSPS) is 34.9. The summed E-state index contributed by atoms with van der Waals surface area (Å²) in [4.78, 5) is 4.19. The molecule has 1 spiro atoms. The van der Waals surface area contributed by atoms with Gasteiger partial charge in [0, 0.05) is 66.1 Å². The Morgan fingerprint density at radius 2 is 1.90 bits per heavy atom. The smallest absolute Gasteiger partial charge is 0.179 e. The molecule has 2 bridgehead atoms. The molecule has 0 aromatic heterocycles. The first kappa shape index (κ1) is 33.1. The van der Waals surface area contributed by atoms with Gasteiger partial charge in [0.1, 0.15) is 23.4 Å². The number of hydrogen-bond donors (Lipinski definition) is 3. The number of nitrogens with two attached hydrogens (primary N) is 1. The quantitative estimate of drug-likeness (QED) is 0.300. The molecule has 1 aromatic carbocycles. The number of ether oxygens (including phenoxy) is 4. The van der Waals surface area contributed by atoms with E-state index in [0.29, 0.717) is 11.8 Å². The third-order valence-electron chi connectivity index (χ3n) is 12.9. The molecule has 0 saturated heterocycles. The summed E-state index contributed by atoms with van der Waals surface area (Å²) >= 11 is 0. The molecule has 9 rings (SSSR count). The van der Waals surface area contributed by atoms with Gasteiger partial charge in [0.25, 0.3) is 0 Å². The summed E-state index contributed by atoms with van der Waals surface area (Å²) in [5, 5.41) is 4.02. The van der Waals surface area contributed by atoms with Gasteiger partial charge in [-0.3, -0.25) is 0 Å². The summed E-state index contributed by atoms with van der Waals surface area (Å²) in [6.45, 7) is 4.29. The zero-order valence-electron chi connectivity index (χ0n) is 30.8. The maximum atomic E-state index is 7.01. The van der Waals surface area contributed by atoms with Crippen molar-refractivity contribution < 1.29 is 23.9 Å². The molecule has 3 aliphatic heterocycles. The van der Waals surface area contributed by atoms with E-state index in [9.17, 15) is 0 Å². The van der Waals surface area contributed by atoms with Crippen molar-refractivity contribution in [2.75, 3.05) is 21.3 Å². The third kappa shape index (κ3) is 4.92. The Hall–Kier alpha value is -4.75. The van der Waals surface area contributed by atoms with Gasteiger partial charge in [-0.25, -0.2) is 4.99 Å². The fraction of sp³-hybridized carbons (Fsp3) is 0.400. The molecule has 9 atom stereocenters. The summed E-state index contributed by atoms with van der Waals surface area (Å²) < 4.78 is 25.1. The lowest BCUT2D eigenvalue weighted by Gasteiger charge is -2.38. The van der Waals surface area contributed by atoms with Gasteiger partial charge in [-0.05, 0) is 71.7 Å². The largest absolute Gasteiger partial charge is 0.500 e. The summed E-state index contributed by atoms with van der Waals surface area (Å²) in [6.07, 6.45) is 32.1. The number of rotatable bonds is 7. The molecule has 0 amide bonds. The van der Waals surface area contributed by atoms with Crippen LogP contribution in [0.4, 0.5) is 0 Å². The van der Waals surface area contributed by atoms with Crippen LogP contribution in [0.25, 0.3) is 0 Å². The first-order chi connectivity index (χ1) is 25.4. The minimum atomic E-state index is -0.209. The molecule has 7 nitrogen and oxygen atoms in total. The second-order valence-corrected chi connectivity index (χ2v) is 15.4. The molecular weight excluding hydrogens is 647 g/mol. The van der Waals surface area contributed by atoms with Crippen molar-refractivity contribution in [3.63, 3.8) is 0 Å². The highest BCUT2D eigenvalue weighted by Gasteiger charge is 2.67. The van der Waals surface area contributed by atoms with Gasteiger partial charge in [-0.2, -0.15) is 0 Å². The van der Waals surface area contributed by atoms with Crippen LogP contribution in [-0.2, 0) is 19.6 Å². The molecule has 1 aromatic rings. The van der Waals surface area contributed by atoms with Gasteiger partial charge in [0.15, 0.2) is 11.8 Å². The minimum absolute atomic E-state index is 0.0177. The number of fused-ring (bicyclic) bond motifs is 6. The molecule has 8 aliphatic rings. The highest BCUT2D eigenvalue weighted by Crippen LogP contribution is 2.72. The van der Waals surface area contributed by atoms with Gasteiger partial charge >= 0.3 is 0 Å². The molecule has 9 unspecified atom stereocenters. The second-order valence-electron chi connectivity index (χ2n) is 15.4. The Kier molecular flexibility index (Phi) is 8.11. The van der Waals surface area contributed by atoms with Crippen LogP contribution in [0.2, 0.25) is 0 Å². The Labute approximate surface area is 307 Å². The van der Waals surface area contributed by atoms with Crippen molar-refractivity contribution >= 4 is 5.71 Å². The van der Waals surface area contributed by atoms with Crippen molar-refractivity contribution in [3.8, 4) is 5.75 Å². The third-order valence-corrected chi connectivity index (χ3v) is 12.9. The Morgan fingerprint density at radius 3 is 2.69 bits per heavy atom. The molecule has 7 heteroatoms. The highest BCUT2D eigenvalue weighted by molar-refractivity contribution is 5.96. The van der Waals surface area contributed by atoms with E-state index in [1.165, 1.54) is 28.0 Å². The monoisotopic (exact) mass is 696 g/mol. The summed E-state index contributed by atoms with van der Waals surface area (Å²) in [7, 11) is 5.26. The molecule has 1 saturated carbocycles. The van der Waals surface area contributed by atoms with Crippen LogP contribution in [0.5, 0.6) is 5.75 Å². The molecule has 52 heavy (non-hydrogen) atoms. The van der Waals surface area contributed by atoms with Crippen LogP contribution in [0, 0.1) is 17.8 Å². The van der Waals surface area contributed by atoms with E-state index in [0.717, 1.165) is 65.5 Å².